The van der Waals surface area contributed by atoms with E-state index in [9.17, 15) is 0 Å². The zero-order valence-corrected chi connectivity index (χ0v) is 9.88. The number of hydrogen-bond acceptors (Lipinski definition) is 1. The largest absolute Gasteiger partial charge is 0.269 e. The maximum absolute atomic E-state index is 4.52. The minimum atomic E-state index is 0.581. The topological polar surface area (TPSA) is 17.8 Å². The number of hydrogen-bond donors (Lipinski definition) is 0. The second-order valence-corrected chi connectivity index (χ2v) is 4.30. The van der Waals surface area contributed by atoms with Crippen LogP contribution in [0.4, 0.5) is 0 Å². The van der Waals surface area contributed by atoms with Gasteiger partial charge in [-0.3, -0.25) is 4.68 Å². The van der Waals surface area contributed by atoms with E-state index in [1.807, 2.05) is 0 Å². The molecule has 0 aromatic carbocycles. The lowest BCUT2D eigenvalue weighted by Gasteiger charge is -2.09. The van der Waals surface area contributed by atoms with Gasteiger partial charge in [0.05, 0.1) is 5.69 Å². The van der Waals surface area contributed by atoms with Gasteiger partial charge in [-0.25, -0.2) is 0 Å². The SMILES string of the molecule is CCCCCn1nc(C)cc1C(C)C. The third-order valence-corrected chi connectivity index (χ3v) is 2.50. The number of nitrogens with zero attached hydrogens (tertiary/aromatic N) is 2. The van der Waals surface area contributed by atoms with Gasteiger partial charge in [-0.2, -0.15) is 5.10 Å². The Hall–Kier alpha value is -0.790. The molecule has 0 amide bonds. The van der Waals surface area contributed by atoms with E-state index in [1.54, 1.807) is 0 Å². The van der Waals surface area contributed by atoms with E-state index in [4.69, 9.17) is 0 Å². The first-order chi connectivity index (χ1) is 6.65. The molecule has 0 aliphatic heterocycles. The maximum Gasteiger partial charge on any atom is 0.0596 e. The summed E-state index contributed by atoms with van der Waals surface area (Å²) in [5.41, 5.74) is 2.52. The summed E-state index contributed by atoms with van der Waals surface area (Å²) in [5, 5.41) is 4.52. The van der Waals surface area contributed by atoms with Crippen LogP contribution in [0.2, 0.25) is 0 Å². The summed E-state index contributed by atoms with van der Waals surface area (Å²) in [4.78, 5) is 0. The summed E-state index contributed by atoms with van der Waals surface area (Å²) in [5.74, 6) is 0.581. The van der Waals surface area contributed by atoms with E-state index in [0.29, 0.717) is 5.92 Å². The fraction of sp³-hybridized carbons (Fsp3) is 0.750. The summed E-state index contributed by atoms with van der Waals surface area (Å²) in [6, 6.07) is 2.20. The molecule has 0 aliphatic carbocycles. The molecule has 1 rings (SSSR count). The van der Waals surface area contributed by atoms with Gasteiger partial charge in [-0.05, 0) is 25.3 Å². The Kier molecular flexibility index (Phi) is 4.18. The third kappa shape index (κ3) is 2.86. The molecule has 0 atom stereocenters. The van der Waals surface area contributed by atoms with Crippen molar-refractivity contribution in [3.05, 3.63) is 17.5 Å². The summed E-state index contributed by atoms with van der Waals surface area (Å²) in [6.07, 6.45) is 3.82. The highest BCUT2D eigenvalue weighted by Crippen LogP contribution is 2.16. The highest BCUT2D eigenvalue weighted by molar-refractivity contribution is 5.12. The molecule has 0 fully saturated rings. The smallest absolute Gasteiger partial charge is 0.0596 e. The molecule has 0 radical (unpaired) electrons. The molecule has 0 aliphatic rings. The number of unbranched alkanes of at least 4 members (excludes halogenated alkanes) is 2. The van der Waals surface area contributed by atoms with Crippen molar-refractivity contribution in [2.75, 3.05) is 0 Å². The van der Waals surface area contributed by atoms with E-state index in [1.165, 1.54) is 25.0 Å². The molecular weight excluding hydrogens is 172 g/mol. The van der Waals surface area contributed by atoms with E-state index >= 15 is 0 Å². The highest BCUT2D eigenvalue weighted by Gasteiger charge is 2.08. The summed E-state index contributed by atoms with van der Waals surface area (Å²) >= 11 is 0. The predicted molar refractivity (Wildman–Crippen MR) is 60.6 cm³/mol. The second kappa shape index (κ2) is 5.18. The first kappa shape index (κ1) is 11.3. The van der Waals surface area contributed by atoms with Gasteiger partial charge in [0.1, 0.15) is 0 Å². The molecule has 1 heterocycles. The van der Waals surface area contributed by atoms with Gasteiger partial charge in [0.15, 0.2) is 0 Å². The van der Waals surface area contributed by atoms with Crippen molar-refractivity contribution < 1.29 is 0 Å². The molecule has 0 unspecified atom stereocenters. The standard InChI is InChI=1S/C12H22N2/c1-5-6-7-8-14-12(10(2)3)9-11(4)13-14/h9-10H,5-8H2,1-4H3. The Morgan fingerprint density at radius 2 is 2.07 bits per heavy atom. The quantitative estimate of drug-likeness (QED) is 0.656. The lowest BCUT2D eigenvalue weighted by Crippen LogP contribution is -2.06. The predicted octanol–water partition coefficient (Wildman–Crippen LogP) is 3.51. The van der Waals surface area contributed by atoms with E-state index in [0.717, 1.165) is 12.2 Å². The Bertz CT molecular complexity index is 274. The second-order valence-electron chi connectivity index (χ2n) is 4.30. The summed E-state index contributed by atoms with van der Waals surface area (Å²) in [7, 11) is 0. The molecule has 1 aromatic rings. The number of rotatable bonds is 5. The molecule has 0 N–H and O–H groups in total. The van der Waals surface area contributed by atoms with E-state index < -0.39 is 0 Å². The van der Waals surface area contributed by atoms with Crippen LogP contribution in [-0.4, -0.2) is 9.78 Å². The molecular formula is C12H22N2. The molecule has 1 aromatic heterocycles. The lowest BCUT2D eigenvalue weighted by atomic mass is 10.1. The van der Waals surface area contributed by atoms with Crippen molar-refractivity contribution >= 4 is 0 Å². The van der Waals surface area contributed by atoms with Crippen LogP contribution in [0.15, 0.2) is 6.07 Å². The van der Waals surface area contributed by atoms with Crippen molar-refractivity contribution in [1.82, 2.24) is 9.78 Å². The van der Waals surface area contributed by atoms with Crippen LogP contribution in [0.5, 0.6) is 0 Å². The van der Waals surface area contributed by atoms with Crippen molar-refractivity contribution in [3.63, 3.8) is 0 Å². The Balaban J connectivity index is 2.64. The van der Waals surface area contributed by atoms with Crippen LogP contribution in [0.3, 0.4) is 0 Å². The van der Waals surface area contributed by atoms with Gasteiger partial charge >= 0.3 is 0 Å². The Labute approximate surface area is 87.3 Å². The molecule has 0 bridgehead atoms. The Morgan fingerprint density at radius 3 is 2.64 bits per heavy atom. The van der Waals surface area contributed by atoms with Gasteiger partial charge in [-0.1, -0.05) is 33.6 Å². The zero-order chi connectivity index (χ0) is 10.6. The summed E-state index contributed by atoms with van der Waals surface area (Å²) in [6.45, 7) is 9.84. The average Bonchev–Trinajstić information content (AvgIpc) is 2.47. The maximum atomic E-state index is 4.52. The van der Waals surface area contributed by atoms with Gasteiger partial charge in [0.25, 0.3) is 0 Å². The molecule has 80 valence electrons. The van der Waals surface area contributed by atoms with Gasteiger partial charge in [0, 0.05) is 12.2 Å². The molecule has 0 saturated carbocycles. The molecule has 0 spiro atoms. The highest BCUT2D eigenvalue weighted by atomic mass is 15.3. The monoisotopic (exact) mass is 194 g/mol. The third-order valence-electron chi connectivity index (χ3n) is 2.50. The van der Waals surface area contributed by atoms with Crippen LogP contribution in [-0.2, 0) is 6.54 Å². The molecule has 0 saturated heterocycles. The number of aryl methyl sites for hydroxylation is 2. The molecule has 2 nitrogen and oxygen atoms in total. The van der Waals surface area contributed by atoms with Gasteiger partial charge in [0.2, 0.25) is 0 Å². The van der Waals surface area contributed by atoms with Crippen molar-refractivity contribution in [1.29, 1.82) is 0 Å². The number of aromatic nitrogens is 2. The average molecular weight is 194 g/mol. The Morgan fingerprint density at radius 1 is 1.36 bits per heavy atom. The zero-order valence-electron chi connectivity index (χ0n) is 9.88. The first-order valence-corrected chi connectivity index (χ1v) is 5.69. The van der Waals surface area contributed by atoms with Crippen LogP contribution in [0.25, 0.3) is 0 Å². The van der Waals surface area contributed by atoms with Gasteiger partial charge < -0.3 is 0 Å². The van der Waals surface area contributed by atoms with Gasteiger partial charge in [-0.15, -0.1) is 0 Å². The van der Waals surface area contributed by atoms with Crippen LogP contribution in [0, 0.1) is 6.92 Å². The molecule has 2 heteroatoms. The van der Waals surface area contributed by atoms with Crippen molar-refractivity contribution in [2.24, 2.45) is 0 Å². The molecule has 14 heavy (non-hydrogen) atoms. The van der Waals surface area contributed by atoms with E-state index in [-0.39, 0.29) is 0 Å². The van der Waals surface area contributed by atoms with Crippen LogP contribution < -0.4 is 0 Å². The van der Waals surface area contributed by atoms with Crippen LogP contribution >= 0.6 is 0 Å². The van der Waals surface area contributed by atoms with E-state index in [2.05, 4.69) is 43.5 Å². The minimum Gasteiger partial charge on any atom is -0.269 e. The first-order valence-electron chi connectivity index (χ1n) is 5.69. The normalized spacial score (nSPS) is 11.2. The van der Waals surface area contributed by atoms with Crippen molar-refractivity contribution in [2.45, 2.75) is 59.4 Å². The van der Waals surface area contributed by atoms with Crippen molar-refractivity contribution in [3.8, 4) is 0 Å². The van der Waals surface area contributed by atoms with Crippen LogP contribution in [0.1, 0.15) is 57.3 Å². The minimum absolute atomic E-state index is 0.581. The lowest BCUT2D eigenvalue weighted by molar-refractivity contribution is 0.520. The fourth-order valence-corrected chi connectivity index (χ4v) is 1.72. The fourth-order valence-electron chi connectivity index (χ4n) is 1.72. The summed E-state index contributed by atoms with van der Waals surface area (Å²) < 4.78 is 2.18.